The first-order valence-corrected chi connectivity index (χ1v) is 8.91. The minimum Gasteiger partial charge on any atom is -0.344 e. The van der Waals surface area contributed by atoms with E-state index in [-0.39, 0.29) is 20.1 Å². The van der Waals surface area contributed by atoms with Gasteiger partial charge < -0.3 is 9.47 Å². The second-order valence-corrected chi connectivity index (χ2v) is 9.49. The molecule has 19 heavy (non-hydrogen) atoms. The second kappa shape index (κ2) is 4.69. The van der Waals surface area contributed by atoms with Gasteiger partial charge in [-0.25, -0.2) is 0 Å². The van der Waals surface area contributed by atoms with Crippen molar-refractivity contribution in [1.29, 1.82) is 0 Å². The lowest BCUT2D eigenvalue weighted by atomic mass is 10.1. The lowest BCUT2D eigenvalue weighted by molar-refractivity contribution is -0.147. The van der Waals surface area contributed by atoms with E-state index in [1.807, 2.05) is 13.8 Å². The monoisotopic (exact) mass is 280 g/mol. The Balaban J connectivity index is 1.77. The van der Waals surface area contributed by atoms with Gasteiger partial charge >= 0.3 is 0 Å². The topological polar surface area (TPSA) is 18.5 Å². The van der Waals surface area contributed by atoms with Gasteiger partial charge in [0.1, 0.15) is 0 Å². The number of hydrogen-bond acceptors (Lipinski definition) is 2. The lowest BCUT2D eigenvalue weighted by Crippen LogP contribution is -2.27. The maximum absolute atomic E-state index is 6.12. The van der Waals surface area contributed by atoms with Crippen molar-refractivity contribution in [2.75, 3.05) is 0 Å². The molecule has 3 aliphatic rings. The van der Waals surface area contributed by atoms with Gasteiger partial charge in [-0.05, 0) is 33.1 Å². The SMILES string of the molecule is C=C1CC/C(=C\P2[C@@H](C)[C@H]3OC(C)(C)O[C@@H]3[C@@H]2C)C1. The minimum atomic E-state index is -0.395. The summed E-state index contributed by atoms with van der Waals surface area (Å²) in [6.45, 7) is 12.9. The quantitative estimate of drug-likeness (QED) is 0.523. The van der Waals surface area contributed by atoms with Crippen molar-refractivity contribution in [3.8, 4) is 0 Å². The molecule has 0 radical (unpaired) electrons. The molecular formula is C16H25O2P. The Kier molecular flexibility index (Phi) is 3.40. The van der Waals surface area contributed by atoms with E-state index in [4.69, 9.17) is 9.47 Å². The summed E-state index contributed by atoms with van der Waals surface area (Å²) in [6.07, 6.45) is 4.11. The number of fused-ring (bicyclic) bond motifs is 1. The highest BCUT2D eigenvalue weighted by Crippen LogP contribution is 2.62. The van der Waals surface area contributed by atoms with Crippen LogP contribution in [0.1, 0.15) is 47.0 Å². The van der Waals surface area contributed by atoms with Crippen LogP contribution < -0.4 is 0 Å². The van der Waals surface area contributed by atoms with Gasteiger partial charge in [0.2, 0.25) is 0 Å². The van der Waals surface area contributed by atoms with Gasteiger partial charge in [0, 0.05) is 11.3 Å². The number of rotatable bonds is 1. The summed E-state index contributed by atoms with van der Waals surface area (Å²) in [4.78, 5) is 0. The zero-order chi connectivity index (χ0) is 13.8. The molecule has 2 heterocycles. The van der Waals surface area contributed by atoms with Gasteiger partial charge in [-0.2, -0.15) is 0 Å². The lowest BCUT2D eigenvalue weighted by Gasteiger charge is -2.26. The molecule has 0 amide bonds. The van der Waals surface area contributed by atoms with Crippen LogP contribution in [0, 0.1) is 0 Å². The van der Waals surface area contributed by atoms with E-state index < -0.39 is 5.79 Å². The molecule has 3 fully saturated rings. The zero-order valence-corrected chi connectivity index (χ0v) is 13.4. The fraction of sp³-hybridized carbons (Fsp3) is 0.750. The Morgan fingerprint density at radius 3 is 2.21 bits per heavy atom. The fourth-order valence-electron chi connectivity index (χ4n) is 3.66. The molecule has 2 saturated heterocycles. The van der Waals surface area contributed by atoms with E-state index in [9.17, 15) is 0 Å². The van der Waals surface area contributed by atoms with Gasteiger partial charge in [-0.15, -0.1) is 0 Å². The summed E-state index contributed by atoms with van der Waals surface area (Å²) in [5.41, 5.74) is 4.22. The predicted molar refractivity (Wildman–Crippen MR) is 80.7 cm³/mol. The third kappa shape index (κ3) is 2.44. The largest absolute Gasteiger partial charge is 0.344 e. The number of hydrogen-bond donors (Lipinski definition) is 0. The zero-order valence-electron chi connectivity index (χ0n) is 12.5. The molecule has 1 aliphatic carbocycles. The third-order valence-electron chi connectivity index (χ3n) is 4.66. The van der Waals surface area contributed by atoms with Crippen LogP contribution in [-0.2, 0) is 9.47 Å². The van der Waals surface area contributed by atoms with Crippen LogP contribution >= 0.6 is 7.92 Å². The Morgan fingerprint density at radius 2 is 1.74 bits per heavy atom. The van der Waals surface area contributed by atoms with Gasteiger partial charge in [0.15, 0.2) is 5.79 Å². The minimum absolute atomic E-state index is 0.125. The molecule has 0 bridgehead atoms. The second-order valence-electron chi connectivity index (χ2n) is 6.71. The molecule has 3 heteroatoms. The number of allylic oxidation sites excluding steroid dienone is 2. The molecule has 2 aliphatic heterocycles. The van der Waals surface area contributed by atoms with E-state index in [0.29, 0.717) is 11.3 Å². The van der Waals surface area contributed by atoms with E-state index in [2.05, 4.69) is 26.2 Å². The molecule has 4 atom stereocenters. The van der Waals surface area contributed by atoms with Crippen LogP contribution in [0.15, 0.2) is 23.5 Å². The van der Waals surface area contributed by atoms with E-state index in [0.717, 1.165) is 6.42 Å². The highest BCUT2D eigenvalue weighted by molar-refractivity contribution is 7.62. The van der Waals surface area contributed by atoms with Crippen molar-refractivity contribution in [3.63, 3.8) is 0 Å². The Bertz CT molecular complexity index is 406. The molecule has 0 spiro atoms. The molecular weight excluding hydrogens is 255 g/mol. The summed E-state index contributed by atoms with van der Waals surface area (Å²) < 4.78 is 12.2. The maximum atomic E-state index is 6.12. The summed E-state index contributed by atoms with van der Waals surface area (Å²) >= 11 is 0. The van der Waals surface area contributed by atoms with E-state index >= 15 is 0 Å². The predicted octanol–water partition coefficient (Wildman–Crippen LogP) is 4.40. The first-order chi connectivity index (χ1) is 8.87. The van der Waals surface area contributed by atoms with Crippen LogP contribution in [0.5, 0.6) is 0 Å². The highest BCUT2D eigenvalue weighted by atomic mass is 31.1. The summed E-state index contributed by atoms with van der Waals surface area (Å²) in [7, 11) is -0.125. The molecule has 0 aromatic carbocycles. The Labute approximate surface area is 118 Å². The van der Waals surface area contributed by atoms with Crippen LogP contribution in [0.3, 0.4) is 0 Å². The van der Waals surface area contributed by atoms with Crippen molar-refractivity contribution in [3.05, 3.63) is 23.5 Å². The van der Waals surface area contributed by atoms with Crippen molar-refractivity contribution in [2.45, 2.75) is 76.3 Å². The molecule has 0 N–H and O–H groups in total. The summed E-state index contributed by atoms with van der Waals surface area (Å²) in [5.74, 6) is 2.18. The van der Waals surface area contributed by atoms with Crippen molar-refractivity contribution in [2.24, 2.45) is 0 Å². The first kappa shape index (κ1) is 13.8. The summed E-state index contributed by atoms with van der Waals surface area (Å²) in [6, 6.07) is 0. The van der Waals surface area contributed by atoms with Crippen LogP contribution in [-0.4, -0.2) is 29.3 Å². The molecule has 0 aromatic rings. The normalized spacial score (nSPS) is 47.1. The summed E-state index contributed by atoms with van der Waals surface area (Å²) in [5, 5.41) is 0. The number of ether oxygens (including phenoxy) is 2. The van der Waals surface area contributed by atoms with Crippen LogP contribution in [0.4, 0.5) is 0 Å². The van der Waals surface area contributed by atoms with Gasteiger partial charge in [-0.1, -0.05) is 45.3 Å². The standard InChI is InChI=1S/C16H25O2P/c1-10-6-7-13(8-10)9-19-11(2)14-15(12(19)3)18-16(4,5)17-14/h9,11-12,14-15H,1,6-8H2,2-5H3/b13-9+/t11-,12-,14+,15+/m0/s1. The van der Waals surface area contributed by atoms with Crippen molar-refractivity contribution >= 4 is 7.92 Å². The molecule has 1 saturated carbocycles. The first-order valence-electron chi connectivity index (χ1n) is 7.37. The van der Waals surface area contributed by atoms with E-state index in [1.165, 1.54) is 18.4 Å². The molecule has 106 valence electrons. The van der Waals surface area contributed by atoms with Gasteiger partial charge in [0.25, 0.3) is 0 Å². The molecule has 2 nitrogen and oxygen atoms in total. The average molecular weight is 280 g/mol. The van der Waals surface area contributed by atoms with Gasteiger partial charge in [0.05, 0.1) is 12.2 Å². The van der Waals surface area contributed by atoms with Gasteiger partial charge in [-0.3, -0.25) is 0 Å². The Hall–Kier alpha value is -0.170. The van der Waals surface area contributed by atoms with Crippen molar-refractivity contribution < 1.29 is 9.47 Å². The highest BCUT2D eigenvalue weighted by Gasteiger charge is 2.54. The molecule has 0 aromatic heterocycles. The Morgan fingerprint density at radius 1 is 1.16 bits per heavy atom. The fourth-order valence-corrected chi connectivity index (χ4v) is 6.66. The molecule has 3 rings (SSSR count). The third-order valence-corrected chi connectivity index (χ3v) is 7.80. The molecule has 0 unspecified atom stereocenters. The van der Waals surface area contributed by atoms with Crippen LogP contribution in [0.2, 0.25) is 0 Å². The van der Waals surface area contributed by atoms with E-state index in [1.54, 1.807) is 5.57 Å². The average Bonchev–Trinajstić information content (AvgIpc) is 2.92. The smallest absolute Gasteiger partial charge is 0.163 e. The van der Waals surface area contributed by atoms with Crippen molar-refractivity contribution in [1.82, 2.24) is 0 Å². The maximum Gasteiger partial charge on any atom is 0.163 e. The van der Waals surface area contributed by atoms with Crippen LogP contribution in [0.25, 0.3) is 0 Å².